The predicted octanol–water partition coefficient (Wildman–Crippen LogP) is 8.65. The van der Waals surface area contributed by atoms with Crippen LogP contribution in [-0.2, 0) is 14.9 Å². The van der Waals surface area contributed by atoms with Crippen molar-refractivity contribution in [2.24, 2.45) is 0 Å². The fourth-order valence-electron chi connectivity index (χ4n) is 5.53. The number of rotatable bonds is 8. The third-order valence-electron chi connectivity index (χ3n) is 7.45. The summed E-state index contributed by atoms with van der Waals surface area (Å²) in [6.45, 7) is 2.56. The Labute approximate surface area is 260 Å². The predicted molar refractivity (Wildman–Crippen MR) is 165 cm³/mol. The molecule has 198 valence electrons. The van der Waals surface area contributed by atoms with Crippen LogP contribution in [0.15, 0.2) is 90.7 Å². The number of hydrogen-bond acceptors (Lipinski definition) is 4. The van der Waals surface area contributed by atoms with Crippen molar-refractivity contribution in [3.8, 4) is 22.6 Å². The SMILES string of the molecule is Brc1cc(C2(c3cc(Br)c(OCC4CO4)c(Br)c3)c3ccccc3-c3ccccc32)cc(Br)c1OCC1CO1. The summed E-state index contributed by atoms with van der Waals surface area (Å²) < 4.78 is 26.5. The zero-order chi connectivity index (χ0) is 26.7. The van der Waals surface area contributed by atoms with Gasteiger partial charge in [-0.1, -0.05) is 48.5 Å². The molecule has 2 saturated heterocycles. The molecule has 7 rings (SSSR count). The summed E-state index contributed by atoms with van der Waals surface area (Å²) in [6, 6.07) is 26.1. The second-order valence-electron chi connectivity index (χ2n) is 9.91. The minimum Gasteiger partial charge on any atom is -0.488 e. The largest absolute Gasteiger partial charge is 0.488 e. The zero-order valence-electron chi connectivity index (χ0n) is 20.6. The Balaban J connectivity index is 1.45. The van der Waals surface area contributed by atoms with Crippen LogP contribution in [0.3, 0.4) is 0 Å². The fraction of sp³-hybridized carbons (Fsp3) is 0.226. The van der Waals surface area contributed by atoms with E-state index in [4.69, 9.17) is 18.9 Å². The third-order valence-corrected chi connectivity index (χ3v) is 9.80. The molecular weight excluding hydrogens is 756 g/mol. The highest BCUT2D eigenvalue weighted by Crippen LogP contribution is 2.58. The van der Waals surface area contributed by atoms with Gasteiger partial charge in [0.1, 0.15) is 36.9 Å². The molecule has 1 aliphatic carbocycles. The highest BCUT2D eigenvalue weighted by atomic mass is 79.9. The molecule has 0 spiro atoms. The standard InChI is InChI=1S/C31H22Br4O4/c32-25-9-17(10-26(33)29(25)38-15-19-13-36-19)31(18-11-27(34)30(28(35)12-18)39-16-20-14-37-20)23-7-3-1-5-21(23)22-6-2-4-8-24(22)31/h1-12,19-20H,13-16H2. The molecule has 2 fully saturated rings. The summed E-state index contributed by atoms with van der Waals surface area (Å²) in [4.78, 5) is 0. The van der Waals surface area contributed by atoms with Crippen molar-refractivity contribution in [1.29, 1.82) is 0 Å². The summed E-state index contributed by atoms with van der Waals surface area (Å²) >= 11 is 15.3. The van der Waals surface area contributed by atoms with Crippen molar-refractivity contribution in [3.05, 3.63) is 113 Å². The summed E-state index contributed by atoms with van der Waals surface area (Å²) in [5.41, 5.74) is 6.56. The molecule has 2 aliphatic heterocycles. The first-order valence-corrected chi connectivity index (χ1v) is 15.8. The molecule has 2 atom stereocenters. The highest BCUT2D eigenvalue weighted by Gasteiger charge is 2.47. The maximum absolute atomic E-state index is 6.13. The molecule has 3 aliphatic rings. The summed E-state index contributed by atoms with van der Waals surface area (Å²) in [5.74, 6) is 1.55. The van der Waals surface area contributed by atoms with E-state index in [1.54, 1.807) is 0 Å². The van der Waals surface area contributed by atoms with Crippen LogP contribution in [0, 0.1) is 0 Å². The molecule has 4 nitrogen and oxygen atoms in total. The lowest BCUT2D eigenvalue weighted by atomic mass is 9.67. The van der Waals surface area contributed by atoms with Crippen LogP contribution in [0.4, 0.5) is 0 Å². The lowest BCUT2D eigenvalue weighted by molar-refractivity contribution is 0.260. The average Bonchev–Trinajstić information content (AvgIpc) is 3.86. The lowest BCUT2D eigenvalue weighted by Gasteiger charge is -2.35. The van der Waals surface area contributed by atoms with Crippen molar-refractivity contribution in [2.75, 3.05) is 26.4 Å². The maximum atomic E-state index is 6.13. The average molecular weight is 778 g/mol. The lowest BCUT2D eigenvalue weighted by Crippen LogP contribution is -2.29. The molecular formula is C31H22Br4O4. The first kappa shape index (κ1) is 26.2. The van der Waals surface area contributed by atoms with E-state index in [0.29, 0.717) is 13.2 Å². The minimum absolute atomic E-state index is 0.172. The van der Waals surface area contributed by atoms with E-state index in [0.717, 1.165) is 53.7 Å². The van der Waals surface area contributed by atoms with E-state index in [1.807, 2.05) is 0 Å². The molecule has 2 heterocycles. The number of hydrogen-bond donors (Lipinski definition) is 0. The first-order valence-electron chi connectivity index (χ1n) is 12.6. The molecule has 0 saturated carbocycles. The molecule has 0 radical (unpaired) electrons. The molecule has 4 aromatic rings. The Bertz CT molecular complexity index is 1430. The van der Waals surface area contributed by atoms with Crippen LogP contribution in [0.25, 0.3) is 11.1 Å². The van der Waals surface area contributed by atoms with Gasteiger partial charge in [-0.05, 0) is 121 Å². The number of benzene rings is 4. The number of fused-ring (bicyclic) bond motifs is 3. The first-order chi connectivity index (χ1) is 19.0. The molecule has 39 heavy (non-hydrogen) atoms. The molecule has 0 aromatic heterocycles. The molecule has 0 bridgehead atoms. The number of ether oxygens (including phenoxy) is 4. The zero-order valence-corrected chi connectivity index (χ0v) is 26.9. The molecule has 2 unspecified atom stereocenters. The Morgan fingerprint density at radius 2 is 0.974 bits per heavy atom. The topological polar surface area (TPSA) is 43.5 Å². The quantitative estimate of drug-likeness (QED) is 0.148. The number of halogens is 4. The van der Waals surface area contributed by atoms with Gasteiger partial charge in [-0.3, -0.25) is 0 Å². The Kier molecular flexibility index (Phi) is 6.93. The van der Waals surface area contributed by atoms with E-state index in [1.165, 1.54) is 22.3 Å². The van der Waals surface area contributed by atoms with Crippen LogP contribution in [0.1, 0.15) is 22.3 Å². The van der Waals surface area contributed by atoms with Crippen LogP contribution in [0.2, 0.25) is 0 Å². The van der Waals surface area contributed by atoms with E-state index in [-0.39, 0.29) is 12.2 Å². The smallest absolute Gasteiger partial charge is 0.147 e. The summed E-state index contributed by atoms with van der Waals surface area (Å²) in [6.07, 6.45) is 0.343. The molecule has 4 aromatic carbocycles. The van der Waals surface area contributed by atoms with Gasteiger partial charge in [0.2, 0.25) is 0 Å². The van der Waals surface area contributed by atoms with Gasteiger partial charge in [-0.25, -0.2) is 0 Å². The van der Waals surface area contributed by atoms with Gasteiger partial charge >= 0.3 is 0 Å². The Morgan fingerprint density at radius 1 is 0.615 bits per heavy atom. The van der Waals surface area contributed by atoms with Crippen LogP contribution in [0.5, 0.6) is 11.5 Å². The van der Waals surface area contributed by atoms with Crippen molar-refractivity contribution < 1.29 is 18.9 Å². The van der Waals surface area contributed by atoms with Crippen LogP contribution in [-0.4, -0.2) is 38.6 Å². The van der Waals surface area contributed by atoms with E-state index >= 15 is 0 Å². The van der Waals surface area contributed by atoms with E-state index in [9.17, 15) is 0 Å². The Hall–Kier alpha value is -1.68. The maximum Gasteiger partial charge on any atom is 0.147 e. The van der Waals surface area contributed by atoms with Gasteiger partial charge in [0.05, 0.1) is 36.5 Å². The molecule has 0 amide bonds. The summed E-state index contributed by atoms with van der Waals surface area (Å²) in [7, 11) is 0. The normalized spacial score (nSPS) is 19.8. The van der Waals surface area contributed by atoms with Gasteiger partial charge in [0, 0.05) is 0 Å². The van der Waals surface area contributed by atoms with Gasteiger partial charge < -0.3 is 18.9 Å². The molecule has 8 heteroatoms. The van der Waals surface area contributed by atoms with Crippen molar-refractivity contribution in [1.82, 2.24) is 0 Å². The van der Waals surface area contributed by atoms with Gasteiger partial charge in [-0.15, -0.1) is 0 Å². The second kappa shape index (κ2) is 10.3. The Morgan fingerprint density at radius 3 is 1.33 bits per heavy atom. The van der Waals surface area contributed by atoms with Crippen molar-refractivity contribution >= 4 is 63.7 Å². The highest BCUT2D eigenvalue weighted by molar-refractivity contribution is 9.11. The van der Waals surface area contributed by atoms with Gasteiger partial charge in [0.25, 0.3) is 0 Å². The van der Waals surface area contributed by atoms with Crippen molar-refractivity contribution in [3.63, 3.8) is 0 Å². The third kappa shape index (κ3) is 4.61. The number of epoxide rings is 2. The van der Waals surface area contributed by atoms with Crippen LogP contribution >= 0.6 is 63.7 Å². The minimum atomic E-state index is -0.584. The second-order valence-corrected chi connectivity index (χ2v) is 13.3. The van der Waals surface area contributed by atoms with E-state index < -0.39 is 5.41 Å². The van der Waals surface area contributed by atoms with Crippen LogP contribution < -0.4 is 9.47 Å². The summed E-state index contributed by atoms with van der Waals surface area (Å²) in [5, 5.41) is 0. The molecule has 0 N–H and O–H groups in total. The van der Waals surface area contributed by atoms with Crippen molar-refractivity contribution in [2.45, 2.75) is 17.6 Å². The monoisotopic (exact) mass is 774 g/mol. The van der Waals surface area contributed by atoms with Gasteiger partial charge in [0.15, 0.2) is 0 Å². The van der Waals surface area contributed by atoms with Gasteiger partial charge in [-0.2, -0.15) is 0 Å². The van der Waals surface area contributed by atoms with E-state index in [2.05, 4.69) is 137 Å². The fourth-order valence-corrected chi connectivity index (χ4v) is 8.36.